The van der Waals surface area contributed by atoms with Gasteiger partial charge in [-0.2, -0.15) is 13.2 Å². The number of alkyl halides is 3. The predicted molar refractivity (Wildman–Crippen MR) is 51.7 cm³/mol. The summed E-state index contributed by atoms with van der Waals surface area (Å²) < 4.78 is 36.8. The second-order valence-electron chi connectivity index (χ2n) is 4.74. The molecule has 0 bridgehead atoms. The molecule has 1 aliphatic carbocycles. The molecule has 1 spiro atoms. The van der Waals surface area contributed by atoms with E-state index < -0.39 is 12.7 Å². The third kappa shape index (κ3) is 2.84. The second kappa shape index (κ2) is 3.94. The van der Waals surface area contributed by atoms with E-state index in [2.05, 4.69) is 5.32 Å². The Morgan fingerprint density at radius 1 is 1.20 bits per heavy atom. The summed E-state index contributed by atoms with van der Waals surface area (Å²) in [7, 11) is 0. The zero-order chi connectivity index (χ0) is 10.9. The smallest absolute Gasteiger partial charge is 0.309 e. The van der Waals surface area contributed by atoms with Crippen molar-refractivity contribution in [2.45, 2.75) is 37.4 Å². The molecule has 1 heterocycles. The van der Waals surface area contributed by atoms with E-state index in [0.29, 0.717) is 19.6 Å². The van der Waals surface area contributed by atoms with Crippen molar-refractivity contribution >= 4 is 0 Å². The lowest BCUT2D eigenvalue weighted by molar-refractivity contribution is -0.150. The molecule has 0 aromatic carbocycles. The Labute approximate surface area is 87.8 Å². The van der Waals surface area contributed by atoms with Crippen LogP contribution >= 0.6 is 0 Å². The summed E-state index contributed by atoms with van der Waals surface area (Å²) in [6.07, 6.45) is 0.291. The predicted octanol–water partition coefficient (Wildman–Crippen LogP) is 1.77. The van der Waals surface area contributed by atoms with Gasteiger partial charge in [-0.3, -0.25) is 4.90 Å². The van der Waals surface area contributed by atoms with E-state index in [4.69, 9.17) is 0 Å². The van der Waals surface area contributed by atoms with Gasteiger partial charge in [0.25, 0.3) is 0 Å². The van der Waals surface area contributed by atoms with Gasteiger partial charge >= 0.3 is 6.18 Å². The summed E-state index contributed by atoms with van der Waals surface area (Å²) in [5.74, 6) is 0. The first-order valence-electron chi connectivity index (χ1n) is 5.53. The zero-order valence-corrected chi connectivity index (χ0v) is 8.74. The molecule has 2 rings (SSSR count). The van der Waals surface area contributed by atoms with Crippen LogP contribution in [0.1, 0.15) is 25.7 Å². The molecular formula is C10H17F3N2. The van der Waals surface area contributed by atoms with E-state index >= 15 is 0 Å². The van der Waals surface area contributed by atoms with Gasteiger partial charge in [0.2, 0.25) is 0 Å². The molecule has 15 heavy (non-hydrogen) atoms. The molecule has 0 unspecified atom stereocenters. The van der Waals surface area contributed by atoms with Crippen LogP contribution in [0, 0.1) is 0 Å². The Hall–Kier alpha value is -0.290. The number of rotatable bonds is 1. The van der Waals surface area contributed by atoms with Crippen LogP contribution in [0.4, 0.5) is 13.2 Å². The van der Waals surface area contributed by atoms with Crippen LogP contribution in [-0.4, -0.2) is 42.8 Å². The lowest BCUT2D eigenvalue weighted by atomic mass is 9.94. The quantitative estimate of drug-likeness (QED) is 0.727. The Morgan fingerprint density at radius 3 is 2.47 bits per heavy atom. The summed E-state index contributed by atoms with van der Waals surface area (Å²) in [6, 6.07) is 0. The third-order valence-corrected chi connectivity index (χ3v) is 3.42. The number of hydrogen-bond donors (Lipinski definition) is 1. The Balaban J connectivity index is 1.92. The summed E-state index contributed by atoms with van der Waals surface area (Å²) in [5, 5.41) is 3.40. The number of nitrogens with zero attached hydrogens (tertiary/aromatic N) is 1. The molecule has 1 aliphatic heterocycles. The molecule has 2 aliphatic rings. The first kappa shape index (κ1) is 11.2. The fourth-order valence-corrected chi connectivity index (χ4v) is 2.82. The van der Waals surface area contributed by atoms with Gasteiger partial charge in [0, 0.05) is 25.2 Å². The number of hydrogen-bond acceptors (Lipinski definition) is 2. The minimum Gasteiger partial charge on any atom is -0.309 e. The van der Waals surface area contributed by atoms with Crippen molar-refractivity contribution in [2.75, 3.05) is 26.2 Å². The molecule has 0 radical (unpaired) electrons. The molecule has 5 heteroatoms. The summed E-state index contributed by atoms with van der Waals surface area (Å²) >= 11 is 0. The van der Waals surface area contributed by atoms with E-state index in [-0.39, 0.29) is 5.54 Å². The van der Waals surface area contributed by atoms with Gasteiger partial charge in [-0.05, 0) is 12.8 Å². The van der Waals surface area contributed by atoms with Crippen molar-refractivity contribution < 1.29 is 13.2 Å². The van der Waals surface area contributed by atoms with Crippen LogP contribution in [0.3, 0.4) is 0 Å². The first-order valence-corrected chi connectivity index (χ1v) is 5.53. The van der Waals surface area contributed by atoms with Gasteiger partial charge in [-0.15, -0.1) is 0 Å². The van der Waals surface area contributed by atoms with Crippen molar-refractivity contribution in [1.29, 1.82) is 0 Å². The Kier molecular flexibility index (Phi) is 2.94. The van der Waals surface area contributed by atoms with Crippen LogP contribution in [0.5, 0.6) is 0 Å². The molecule has 0 aromatic heterocycles. The van der Waals surface area contributed by atoms with Gasteiger partial charge in [0.1, 0.15) is 0 Å². The lowest BCUT2D eigenvalue weighted by Gasteiger charge is -2.41. The van der Waals surface area contributed by atoms with Crippen LogP contribution in [-0.2, 0) is 0 Å². The number of piperazine rings is 1. The second-order valence-corrected chi connectivity index (χ2v) is 4.74. The van der Waals surface area contributed by atoms with Gasteiger partial charge in [-0.1, -0.05) is 12.8 Å². The Bertz CT molecular complexity index is 221. The van der Waals surface area contributed by atoms with Gasteiger partial charge in [-0.25, -0.2) is 0 Å². The van der Waals surface area contributed by atoms with E-state index in [1.54, 1.807) is 4.90 Å². The fraction of sp³-hybridized carbons (Fsp3) is 1.00. The van der Waals surface area contributed by atoms with Gasteiger partial charge in [0.05, 0.1) is 6.54 Å². The van der Waals surface area contributed by atoms with Gasteiger partial charge in [0.15, 0.2) is 0 Å². The molecule has 1 N–H and O–H groups in total. The molecule has 0 aromatic rings. The van der Waals surface area contributed by atoms with Crippen molar-refractivity contribution in [3.63, 3.8) is 0 Å². The summed E-state index contributed by atoms with van der Waals surface area (Å²) in [6.45, 7) is 1.01. The van der Waals surface area contributed by atoms with E-state index in [9.17, 15) is 13.2 Å². The highest BCUT2D eigenvalue weighted by molar-refractivity contribution is 4.98. The standard InChI is InChI=1S/C10H17F3N2/c11-10(12,13)8-15-6-5-14-9(7-15)3-1-2-4-9/h14H,1-8H2. The molecule has 0 amide bonds. The summed E-state index contributed by atoms with van der Waals surface area (Å²) in [4.78, 5) is 1.54. The maximum atomic E-state index is 12.3. The highest BCUT2D eigenvalue weighted by Gasteiger charge is 2.40. The van der Waals surface area contributed by atoms with E-state index in [1.807, 2.05) is 0 Å². The molecular weight excluding hydrogens is 205 g/mol. The fourth-order valence-electron chi connectivity index (χ4n) is 2.82. The highest BCUT2D eigenvalue weighted by atomic mass is 19.4. The maximum absolute atomic E-state index is 12.3. The van der Waals surface area contributed by atoms with Crippen LogP contribution in [0.2, 0.25) is 0 Å². The van der Waals surface area contributed by atoms with Crippen molar-refractivity contribution in [1.82, 2.24) is 10.2 Å². The molecule has 88 valence electrons. The van der Waals surface area contributed by atoms with Crippen LogP contribution in [0.15, 0.2) is 0 Å². The first-order chi connectivity index (χ1) is 6.99. The van der Waals surface area contributed by atoms with Crippen LogP contribution in [0.25, 0.3) is 0 Å². The molecule has 2 nitrogen and oxygen atoms in total. The van der Waals surface area contributed by atoms with Crippen molar-refractivity contribution in [3.8, 4) is 0 Å². The zero-order valence-electron chi connectivity index (χ0n) is 8.74. The summed E-state index contributed by atoms with van der Waals surface area (Å²) in [5.41, 5.74) is -0.0104. The average Bonchev–Trinajstić information content (AvgIpc) is 2.50. The number of nitrogens with one attached hydrogen (secondary N) is 1. The van der Waals surface area contributed by atoms with E-state index in [1.165, 1.54) is 0 Å². The lowest BCUT2D eigenvalue weighted by Crippen LogP contribution is -2.60. The van der Waals surface area contributed by atoms with Crippen molar-refractivity contribution in [2.24, 2.45) is 0 Å². The van der Waals surface area contributed by atoms with Crippen molar-refractivity contribution in [3.05, 3.63) is 0 Å². The SMILES string of the molecule is FC(F)(F)CN1CCNC2(CCCC2)C1. The Morgan fingerprint density at radius 2 is 1.87 bits per heavy atom. The topological polar surface area (TPSA) is 15.3 Å². The maximum Gasteiger partial charge on any atom is 0.401 e. The third-order valence-electron chi connectivity index (χ3n) is 3.42. The van der Waals surface area contributed by atoms with E-state index in [0.717, 1.165) is 25.7 Å². The number of halogens is 3. The highest BCUT2D eigenvalue weighted by Crippen LogP contribution is 2.32. The molecule has 0 atom stereocenters. The minimum atomic E-state index is -4.06. The van der Waals surface area contributed by atoms with Gasteiger partial charge < -0.3 is 5.32 Å². The minimum absolute atomic E-state index is 0.0104. The monoisotopic (exact) mass is 222 g/mol. The normalized spacial score (nSPS) is 27.4. The van der Waals surface area contributed by atoms with Crippen LogP contribution < -0.4 is 5.32 Å². The largest absolute Gasteiger partial charge is 0.401 e. The molecule has 1 saturated carbocycles. The molecule has 2 fully saturated rings. The molecule has 1 saturated heterocycles. The average molecular weight is 222 g/mol.